The maximum atomic E-state index is 13.3. The zero-order valence-corrected chi connectivity index (χ0v) is 20.4. The van der Waals surface area contributed by atoms with Crippen LogP contribution in [0.1, 0.15) is 76.7 Å². The van der Waals surface area contributed by atoms with Crippen LogP contribution in [0.15, 0.2) is 53.3 Å². The number of hydrogen-bond acceptors (Lipinski definition) is 5. The Morgan fingerprint density at radius 1 is 0.941 bits per heavy atom. The van der Waals surface area contributed by atoms with Crippen LogP contribution in [0, 0.1) is 0 Å². The molecule has 8 nitrogen and oxygen atoms in total. The molecule has 4 aromatic rings. The number of nitrogens with zero attached hydrogens (tertiary/aromatic N) is 6. The Kier molecular flexibility index (Phi) is 7.35. The van der Waals surface area contributed by atoms with E-state index in [4.69, 9.17) is 5.10 Å². The standard InChI is InChI=1S/C26H33N7O/c1-5-9-18(3)25-29-33(19(4)10-6-2)26(34)32(25)17-20-13-15-21(16-14-20)22-11-7-8-12-23(22)24-27-30-31-28-24/h7-8,11-16,18-19H,5-6,9-10,17H2,1-4H3,(H,27,28,30,31). The van der Waals surface area contributed by atoms with E-state index in [2.05, 4.69) is 78.7 Å². The van der Waals surface area contributed by atoms with Crippen molar-refractivity contribution in [2.75, 3.05) is 0 Å². The molecule has 34 heavy (non-hydrogen) atoms. The highest BCUT2D eigenvalue weighted by Crippen LogP contribution is 2.30. The molecule has 2 aromatic carbocycles. The Morgan fingerprint density at radius 2 is 1.65 bits per heavy atom. The minimum Gasteiger partial charge on any atom is -0.274 e. The molecule has 0 radical (unpaired) electrons. The highest BCUT2D eigenvalue weighted by Gasteiger charge is 2.21. The van der Waals surface area contributed by atoms with Gasteiger partial charge in [0, 0.05) is 11.5 Å². The van der Waals surface area contributed by atoms with Crippen molar-refractivity contribution in [3.63, 3.8) is 0 Å². The van der Waals surface area contributed by atoms with Crippen LogP contribution in [-0.2, 0) is 6.54 Å². The predicted octanol–water partition coefficient (Wildman–Crippen LogP) is 5.20. The Balaban J connectivity index is 1.65. The fourth-order valence-corrected chi connectivity index (χ4v) is 4.51. The van der Waals surface area contributed by atoms with Gasteiger partial charge in [-0.1, -0.05) is 82.1 Å². The summed E-state index contributed by atoms with van der Waals surface area (Å²) >= 11 is 0. The number of tetrazole rings is 1. The van der Waals surface area contributed by atoms with E-state index < -0.39 is 0 Å². The number of aromatic amines is 1. The second-order valence-electron chi connectivity index (χ2n) is 8.98. The van der Waals surface area contributed by atoms with Gasteiger partial charge in [0.15, 0.2) is 0 Å². The maximum Gasteiger partial charge on any atom is 0.346 e. The summed E-state index contributed by atoms with van der Waals surface area (Å²) in [6.45, 7) is 9.05. The molecule has 8 heteroatoms. The third-order valence-corrected chi connectivity index (χ3v) is 6.32. The molecule has 0 spiro atoms. The van der Waals surface area contributed by atoms with Gasteiger partial charge < -0.3 is 0 Å². The summed E-state index contributed by atoms with van der Waals surface area (Å²) in [4.78, 5) is 13.3. The fourth-order valence-electron chi connectivity index (χ4n) is 4.51. The lowest BCUT2D eigenvalue weighted by molar-refractivity contribution is 0.434. The van der Waals surface area contributed by atoms with Crippen LogP contribution in [0.5, 0.6) is 0 Å². The van der Waals surface area contributed by atoms with E-state index >= 15 is 0 Å². The van der Waals surface area contributed by atoms with Crippen LogP contribution in [-0.4, -0.2) is 35.0 Å². The van der Waals surface area contributed by atoms with E-state index in [0.717, 1.165) is 53.8 Å². The molecule has 2 aromatic heterocycles. The average Bonchev–Trinajstić information content (AvgIpc) is 3.49. The first-order valence-electron chi connectivity index (χ1n) is 12.1. The van der Waals surface area contributed by atoms with Gasteiger partial charge in [-0.05, 0) is 41.7 Å². The monoisotopic (exact) mass is 459 g/mol. The number of aromatic nitrogens is 7. The zero-order chi connectivity index (χ0) is 24.1. The van der Waals surface area contributed by atoms with Crippen molar-refractivity contribution in [1.82, 2.24) is 35.0 Å². The molecule has 1 N–H and O–H groups in total. The maximum absolute atomic E-state index is 13.3. The summed E-state index contributed by atoms with van der Waals surface area (Å²) in [5.74, 6) is 1.67. The summed E-state index contributed by atoms with van der Waals surface area (Å²) in [6.07, 6.45) is 4.02. The van der Waals surface area contributed by atoms with Gasteiger partial charge in [0.2, 0.25) is 5.82 Å². The molecule has 0 aliphatic heterocycles. The Morgan fingerprint density at radius 3 is 2.29 bits per heavy atom. The van der Waals surface area contributed by atoms with Gasteiger partial charge in [0.1, 0.15) is 5.82 Å². The first-order chi connectivity index (χ1) is 16.5. The fraction of sp³-hybridized carbons (Fsp3) is 0.423. The van der Waals surface area contributed by atoms with E-state index in [1.165, 1.54) is 0 Å². The molecule has 0 fully saturated rings. The van der Waals surface area contributed by atoms with Gasteiger partial charge in [-0.3, -0.25) is 4.57 Å². The smallest absolute Gasteiger partial charge is 0.274 e. The predicted molar refractivity (Wildman–Crippen MR) is 134 cm³/mol. The van der Waals surface area contributed by atoms with Crippen molar-refractivity contribution in [2.45, 2.75) is 71.9 Å². The van der Waals surface area contributed by atoms with Crippen LogP contribution in [0.25, 0.3) is 22.5 Å². The first-order valence-corrected chi connectivity index (χ1v) is 12.1. The van der Waals surface area contributed by atoms with Crippen LogP contribution < -0.4 is 5.69 Å². The second-order valence-corrected chi connectivity index (χ2v) is 8.98. The molecule has 0 saturated carbocycles. The molecule has 0 bridgehead atoms. The van der Waals surface area contributed by atoms with Crippen molar-refractivity contribution in [3.05, 3.63) is 70.4 Å². The summed E-state index contributed by atoms with van der Waals surface area (Å²) in [5.41, 5.74) is 4.05. The molecule has 0 saturated heterocycles. The molecule has 0 aliphatic rings. The lowest BCUT2D eigenvalue weighted by Gasteiger charge is -2.12. The number of rotatable bonds is 10. The van der Waals surface area contributed by atoms with E-state index in [-0.39, 0.29) is 17.6 Å². The Hall–Kier alpha value is -3.55. The van der Waals surface area contributed by atoms with E-state index in [0.29, 0.717) is 12.4 Å². The van der Waals surface area contributed by atoms with Crippen LogP contribution in [0.3, 0.4) is 0 Å². The minimum absolute atomic E-state index is 0.0227. The summed E-state index contributed by atoms with van der Waals surface area (Å²) in [7, 11) is 0. The van der Waals surface area contributed by atoms with E-state index in [1.54, 1.807) is 4.68 Å². The molecule has 2 heterocycles. The van der Waals surface area contributed by atoms with E-state index in [1.807, 2.05) is 22.8 Å². The van der Waals surface area contributed by atoms with Gasteiger partial charge in [-0.15, -0.1) is 10.2 Å². The number of benzene rings is 2. The largest absolute Gasteiger partial charge is 0.346 e. The van der Waals surface area contributed by atoms with E-state index in [9.17, 15) is 4.79 Å². The topological polar surface area (TPSA) is 94.3 Å². The van der Waals surface area contributed by atoms with Gasteiger partial charge in [-0.25, -0.2) is 9.48 Å². The third kappa shape index (κ3) is 4.85. The summed E-state index contributed by atoms with van der Waals surface area (Å²) in [6, 6.07) is 16.4. The lowest BCUT2D eigenvalue weighted by Crippen LogP contribution is -2.28. The minimum atomic E-state index is -0.0227. The quantitative estimate of drug-likeness (QED) is 0.351. The van der Waals surface area contributed by atoms with Gasteiger partial charge in [0.05, 0.1) is 12.6 Å². The molecule has 2 unspecified atom stereocenters. The van der Waals surface area contributed by atoms with Crippen molar-refractivity contribution in [2.24, 2.45) is 0 Å². The van der Waals surface area contributed by atoms with Crippen molar-refractivity contribution >= 4 is 0 Å². The zero-order valence-electron chi connectivity index (χ0n) is 20.4. The van der Waals surface area contributed by atoms with Crippen molar-refractivity contribution in [3.8, 4) is 22.5 Å². The van der Waals surface area contributed by atoms with Crippen molar-refractivity contribution < 1.29 is 0 Å². The van der Waals surface area contributed by atoms with Gasteiger partial charge in [0.25, 0.3) is 0 Å². The third-order valence-electron chi connectivity index (χ3n) is 6.32. The number of hydrogen-bond donors (Lipinski definition) is 1. The molecule has 4 rings (SSSR count). The Bertz CT molecular complexity index is 1260. The molecule has 0 amide bonds. The SMILES string of the molecule is CCCC(C)c1nn(C(C)CCC)c(=O)n1Cc1ccc(-c2ccccc2-c2nn[nH]n2)cc1. The lowest BCUT2D eigenvalue weighted by atomic mass is 9.98. The number of H-pyrrole nitrogens is 1. The number of nitrogens with one attached hydrogen (secondary N) is 1. The van der Waals surface area contributed by atoms with Gasteiger partial charge >= 0.3 is 5.69 Å². The van der Waals surface area contributed by atoms with Crippen molar-refractivity contribution in [1.29, 1.82) is 0 Å². The second kappa shape index (κ2) is 10.6. The highest BCUT2D eigenvalue weighted by molar-refractivity contribution is 5.80. The summed E-state index contributed by atoms with van der Waals surface area (Å²) < 4.78 is 3.54. The van der Waals surface area contributed by atoms with Gasteiger partial charge in [-0.2, -0.15) is 10.3 Å². The Labute approximate surface area is 200 Å². The van der Waals surface area contributed by atoms with Crippen LogP contribution in [0.2, 0.25) is 0 Å². The molecular formula is C26H33N7O. The molecular weight excluding hydrogens is 426 g/mol. The first kappa shape index (κ1) is 23.6. The highest BCUT2D eigenvalue weighted by atomic mass is 16.2. The van der Waals surface area contributed by atoms with Crippen LogP contribution >= 0.6 is 0 Å². The molecule has 178 valence electrons. The normalized spacial score (nSPS) is 13.2. The van der Waals surface area contributed by atoms with Crippen LogP contribution in [0.4, 0.5) is 0 Å². The average molecular weight is 460 g/mol. The summed E-state index contributed by atoms with van der Waals surface area (Å²) in [5, 5.41) is 19.3. The molecule has 0 aliphatic carbocycles. The molecule has 2 atom stereocenters.